The van der Waals surface area contributed by atoms with Crippen molar-refractivity contribution in [3.8, 4) is 0 Å². The van der Waals surface area contributed by atoms with E-state index in [4.69, 9.17) is 11.6 Å². The van der Waals surface area contributed by atoms with E-state index in [-0.39, 0.29) is 11.3 Å². The average Bonchev–Trinajstić information content (AvgIpc) is 2.45. The molecular formula is C13H24ClNO. The largest absolute Gasteiger partial charge is 0.344 e. The molecule has 1 atom stereocenters. The summed E-state index contributed by atoms with van der Waals surface area (Å²) in [7, 11) is 1.86. The summed E-state index contributed by atoms with van der Waals surface area (Å²) in [5.74, 6) is 0.877. The molecule has 0 saturated heterocycles. The second kappa shape index (κ2) is 7.16. The minimum absolute atomic E-state index is 0.0445. The van der Waals surface area contributed by atoms with E-state index < -0.39 is 0 Å². The highest BCUT2D eigenvalue weighted by atomic mass is 35.5. The van der Waals surface area contributed by atoms with Crippen LogP contribution in [-0.2, 0) is 4.79 Å². The average molecular weight is 246 g/mol. The Labute approximate surface area is 104 Å². The molecule has 1 rings (SSSR count). The predicted octanol–water partition coefficient (Wildman–Crippen LogP) is 3.43. The van der Waals surface area contributed by atoms with Crippen LogP contribution in [-0.4, -0.2) is 29.8 Å². The topological polar surface area (TPSA) is 20.3 Å². The molecule has 0 N–H and O–H groups in total. The van der Waals surface area contributed by atoms with E-state index in [1.807, 2.05) is 14.0 Å². The van der Waals surface area contributed by atoms with E-state index in [1.54, 1.807) is 4.90 Å². The van der Waals surface area contributed by atoms with Crippen molar-refractivity contribution in [3.05, 3.63) is 0 Å². The lowest BCUT2D eigenvalue weighted by Gasteiger charge is -2.21. The predicted molar refractivity (Wildman–Crippen MR) is 68.8 cm³/mol. The molecule has 16 heavy (non-hydrogen) atoms. The molecule has 1 fully saturated rings. The van der Waals surface area contributed by atoms with Crippen LogP contribution < -0.4 is 0 Å². The Morgan fingerprint density at radius 3 is 2.38 bits per heavy atom. The van der Waals surface area contributed by atoms with E-state index in [0.717, 1.165) is 6.42 Å². The van der Waals surface area contributed by atoms with Crippen LogP contribution in [0, 0.1) is 5.92 Å². The van der Waals surface area contributed by atoms with Crippen molar-refractivity contribution in [2.24, 2.45) is 5.92 Å². The maximum atomic E-state index is 11.9. The fourth-order valence-corrected chi connectivity index (χ4v) is 2.66. The second-order valence-corrected chi connectivity index (χ2v) is 5.86. The lowest BCUT2D eigenvalue weighted by molar-refractivity contribution is -0.131. The number of carbonyl (C=O) groups is 1. The lowest BCUT2D eigenvalue weighted by Crippen LogP contribution is -2.32. The quantitative estimate of drug-likeness (QED) is 0.549. The summed E-state index contributed by atoms with van der Waals surface area (Å²) >= 11 is 5.89. The highest BCUT2D eigenvalue weighted by molar-refractivity contribution is 6.20. The maximum absolute atomic E-state index is 11.9. The number of hydrogen-bond donors (Lipinski definition) is 0. The third kappa shape index (κ3) is 5.20. The van der Waals surface area contributed by atoms with Crippen molar-refractivity contribution in [2.75, 3.05) is 13.6 Å². The first-order valence-electron chi connectivity index (χ1n) is 6.47. The van der Waals surface area contributed by atoms with E-state index in [1.165, 1.54) is 38.5 Å². The third-order valence-corrected chi connectivity index (χ3v) is 3.53. The van der Waals surface area contributed by atoms with Gasteiger partial charge >= 0.3 is 0 Å². The minimum Gasteiger partial charge on any atom is -0.344 e. The third-order valence-electron chi connectivity index (χ3n) is 3.39. The van der Waals surface area contributed by atoms with Crippen LogP contribution in [0.25, 0.3) is 0 Å². The van der Waals surface area contributed by atoms with Gasteiger partial charge in [0.15, 0.2) is 0 Å². The number of alkyl halides is 1. The molecule has 0 aromatic carbocycles. The van der Waals surface area contributed by atoms with Crippen molar-refractivity contribution in [3.63, 3.8) is 0 Å². The molecule has 0 radical (unpaired) electrons. The van der Waals surface area contributed by atoms with Crippen LogP contribution in [0.5, 0.6) is 0 Å². The standard InChI is InChI=1S/C13H24ClNO/c1-11(14)10-15(2)13(16)9-12-7-5-3-4-6-8-12/h11-12H,3-10H2,1-2H3. The number of nitrogens with zero attached hydrogens (tertiary/aromatic N) is 1. The fourth-order valence-electron chi connectivity index (χ4n) is 2.45. The van der Waals surface area contributed by atoms with Gasteiger partial charge in [-0.3, -0.25) is 4.79 Å². The second-order valence-electron chi connectivity index (χ2n) is 5.12. The molecule has 0 bridgehead atoms. The number of carbonyl (C=O) groups excluding carboxylic acids is 1. The Balaban J connectivity index is 2.31. The Hall–Kier alpha value is -0.240. The molecule has 2 nitrogen and oxygen atoms in total. The van der Waals surface area contributed by atoms with Gasteiger partial charge in [-0.25, -0.2) is 0 Å². The number of hydrogen-bond acceptors (Lipinski definition) is 1. The molecule has 1 aliphatic carbocycles. The van der Waals surface area contributed by atoms with E-state index in [0.29, 0.717) is 12.5 Å². The zero-order valence-electron chi connectivity index (χ0n) is 10.5. The van der Waals surface area contributed by atoms with Crippen LogP contribution in [0.1, 0.15) is 51.9 Å². The Morgan fingerprint density at radius 2 is 1.88 bits per heavy atom. The van der Waals surface area contributed by atoms with Crippen molar-refractivity contribution in [1.29, 1.82) is 0 Å². The highest BCUT2D eigenvalue weighted by Crippen LogP contribution is 2.25. The van der Waals surface area contributed by atoms with Crippen molar-refractivity contribution < 1.29 is 4.79 Å². The summed E-state index contributed by atoms with van der Waals surface area (Å²) < 4.78 is 0. The van der Waals surface area contributed by atoms with Crippen LogP contribution in [0.3, 0.4) is 0 Å². The van der Waals surface area contributed by atoms with Gasteiger partial charge in [-0.05, 0) is 25.7 Å². The van der Waals surface area contributed by atoms with Gasteiger partial charge in [-0.1, -0.05) is 25.7 Å². The molecular weight excluding hydrogens is 222 g/mol. The van der Waals surface area contributed by atoms with E-state index >= 15 is 0 Å². The molecule has 1 saturated carbocycles. The molecule has 0 spiro atoms. The first-order valence-corrected chi connectivity index (χ1v) is 6.91. The van der Waals surface area contributed by atoms with Gasteiger partial charge in [0.2, 0.25) is 5.91 Å². The van der Waals surface area contributed by atoms with Crippen molar-refractivity contribution >= 4 is 17.5 Å². The van der Waals surface area contributed by atoms with Crippen molar-refractivity contribution in [2.45, 2.75) is 57.2 Å². The zero-order valence-corrected chi connectivity index (χ0v) is 11.3. The Kier molecular flexibility index (Phi) is 6.18. The summed E-state index contributed by atoms with van der Waals surface area (Å²) in [4.78, 5) is 13.7. The van der Waals surface area contributed by atoms with Crippen molar-refractivity contribution in [1.82, 2.24) is 4.90 Å². The summed E-state index contributed by atoms with van der Waals surface area (Å²) in [6.45, 7) is 2.59. The summed E-state index contributed by atoms with van der Waals surface area (Å²) in [5, 5.41) is 0.0445. The van der Waals surface area contributed by atoms with E-state index in [2.05, 4.69) is 0 Å². The number of rotatable bonds is 4. The number of halogens is 1. The van der Waals surface area contributed by atoms with Gasteiger partial charge in [-0.2, -0.15) is 0 Å². The van der Waals surface area contributed by atoms with Crippen LogP contribution in [0.15, 0.2) is 0 Å². The fraction of sp³-hybridized carbons (Fsp3) is 0.923. The van der Waals surface area contributed by atoms with Gasteiger partial charge in [0, 0.05) is 25.4 Å². The smallest absolute Gasteiger partial charge is 0.222 e. The summed E-state index contributed by atoms with van der Waals surface area (Å²) in [6.07, 6.45) is 8.48. The summed E-state index contributed by atoms with van der Waals surface area (Å²) in [6, 6.07) is 0. The first-order chi connectivity index (χ1) is 7.59. The molecule has 1 unspecified atom stereocenters. The van der Waals surface area contributed by atoms with Crippen LogP contribution in [0.4, 0.5) is 0 Å². The molecule has 1 amide bonds. The molecule has 0 aliphatic heterocycles. The van der Waals surface area contributed by atoms with E-state index in [9.17, 15) is 4.79 Å². The maximum Gasteiger partial charge on any atom is 0.222 e. The Bertz CT molecular complexity index is 210. The van der Waals surface area contributed by atoms with Gasteiger partial charge < -0.3 is 4.90 Å². The van der Waals surface area contributed by atoms with Gasteiger partial charge in [0.25, 0.3) is 0 Å². The van der Waals surface area contributed by atoms with Crippen LogP contribution in [0.2, 0.25) is 0 Å². The SMILES string of the molecule is CC(Cl)CN(C)C(=O)CC1CCCCCC1. The Morgan fingerprint density at radius 1 is 1.31 bits per heavy atom. The number of amides is 1. The normalized spacial score (nSPS) is 20.2. The minimum atomic E-state index is 0.0445. The first kappa shape index (κ1) is 13.8. The zero-order chi connectivity index (χ0) is 12.0. The monoisotopic (exact) mass is 245 g/mol. The molecule has 1 aliphatic rings. The van der Waals surface area contributed by atoms with Gasteiger partial charge in [0.05, 0.1) is 0 Å². The lowest BCUT2D eigenvalue weighted by atomic mass is 9.96. The van der Waals surface area contributed by atoms with Gasteiger partial charge in [0.1, 0.15) is 0 Å². The van der Waals surface area contributed by atoms with Crippen LogP contribution >= 0.6 is 11.6 Å². The molecule has 94 valence electrons. The molecule has 0 aromatic heterocycles. The highest BCUT2D eigenvalue weighted by Gasteiger charge is 2.18. The molecule has 0 aromatic rings. The molecule has 0 heterocycles. The molecule has 3 heteroatoms. The van der Waals surface area contributed by atoms with Gasteiger partial charge in [-0.15, -0.1) is 11.6 Å². The summed E-state index contributed by atoms with van der Waals surface area (Å²) in [5.41, 5.74) is 0.